The van der Waals surface area contributed by atoms with Crippen LogP contribution in [0.1, 0.15) is 47.1 Å². The average Bonchev–Trinajstić information content (AvgIpc) is 2.45. The molecule has 1 aliphatic heterocycles. The van der Waals surface area contributed by atoms with E-state index in [0.717, 1.165) is 19.5 Å². The predicted molar refractivity (Wildman–Crippen MR) is 98.2 cm³/mol. The van der Waals surface area contributed by atoms with E-state index in [1.165, 1.54) is 5.56 Å². The van der Waals surface area contributed by atoms with E-state index in [0.29, 0.717) is 6.54 Å². The van der Waals surface area contributed by atoms with Gasteiger partial charge in [0.2, 0.25) is 0 Å². The molecule has 1 heterocycles. The summed E-state index contributed by atoms with van der Waals surface area (Å²) in [5.74, 6) is 0. The Hall–Kier alpha value is -1.55. The number of carbonyl (C=O) groups is 1. The Balaban J connectivity index is 2.16. The van der Waals surface area contributed by atoms with Crippen molar-refractivity contribution in [2.24, 2.45) is 0 Å². The number of nitrogens with zero attached hydrogens (tertiary/aromatic N) is 2. The quantitative estimate of drug-likeness (QED) is 0.822. The summed E-state index contributed by atoms with van der Waals surface area (Å²) in [5, 5.41) is 0. The van der Waals surface area contributed by atoms with E-state index in [9.17, 15) is 4.79 Å². The number of rotatable bonds is 2. The molecule has 1 aliphatic rings. The number of ether oxygens (including phenoxy) is 1. The first-order chi connectivity index (χ1) is 11.1. The molecule has 0 unspecified atom stereocenters. The van der Waals surface area contributed by atoms with Crippen LogP contribution >= 0.6 is 0 Å². The number of amides is 1. The van der Waals surface area contributed by atoms with E-state index in [1.807, 2.05) is 31.7 Å². The van der Waals surface area contributed by atoms with Crippen LogP contribution in [0.15, 0.2) is 30.3 Å². The minimum absolute atomic E-state index is 0.106. The molecule has 134 valence electrons. The van der Waals surface area contributed by atoms with Crippen molar-refractivity contribution in [2.45, 2.75) is 65.1 Å². The Bertz CT molecular complexity index is 543. The second-order valence-electron chi connectivity index (χ2n) is 8.63. The normalized spacial score (nSPS) is 20.1. The standard InChI is InChI=1S/C20H32N2O2/c1-19(2,3)21-12-13-22(18(23)24-20(4,5)6)17(15-21)14-16-10-8-7-9-11-16/h7-11,17H,12-15H2,1-6H3/t17-/m0/s1. The molecule has 1 saturated heterocycles. The third kappa shape index (κ3) is 5.23. The Morgan fingerprint density at radius 1 is 1.08 bits per heavy atom. The molecule has 0 aliphatic carbocycles. The van der Waals surface area contributed by atoms with Crippen molar-refractivity contribution in [3.05, 3.63) is 35.9 Å². The largest absolute Gasteiger partial charge is 0.444 e. The highest BCUT2D eigenvalue weighted by Gasteiger charge is 2.36. The summed E-state index contributed by atoms with van der Waals surface area (Å²) >= 11 is 0. The molecule has 1 amide bonds. The van der Waals surface area contributed by atoms with Crippen molar-refractivity contribution in [1.82, 2.24) is 9.80 Å². The Morgan fingerprint density at radius 2 is 1.71 bits per heavy atom. The smallest absolute Gasteiger partial charge is 0.410 e. The molecule has 0 aromatic heterocycles. The van der Waals surface area contributed by atoms with Crippen molar-refractivity contribution < 1.29 is 9.53 Å². The maximum atomic E-state index is 12.7. The summed E-state index contributed by atoms with van der Waals surface area (Å²) in [6.07, 6.45) is 0.657. The molecule has 0 saturated carbocycles. The van der Waals surface area contributed by atoms with Crippen molar-refractivity contribution >= 4 is 6.09 Å². The molecule has 4 nitrogen and oxygen atoms in total. The molecular weight excluding hydrogens is 300 g/mol. The fraction of sp³-hybridized carbons (Fsp3) is 0.650. The summed E-state index contributed by atoms with van der Waals surface area (Å²) in [6.45, 7) is 14.9. The van der Waals surface area contributed by atoms with Crippen LogP contribution in [0, 0.1) is 0 Å². The van der Waals surface area contributed by atoms with Crippen LogP contribution in [-0.4, -0.2) is 52.7 Å². The molecule has 24 heavy (non-hydrogen) atoms. The molecule has 0 spiro atoms. The summed E-state index contributed by atoms with van der Waals surface area (Å²) in [6, 6.07) is 10.5. The summed E-state index contributed by atoms with van der Waals surface area (Å²) in [4.78, 5) is 17.0. The van der Waals surface area contributed by atoms with Gasteiger partial charge < -0.3 is 9.64 Å². The number of piperazine rings is 1. The molecule has 2 rings (SSSR count). The van der Waals surface area contributed by atoms with Crippen LogP contribution in [0.3, 0.4) is 0 Å². The molecule has 0 N–H and O–H groups in total. The number of hydrogen-bond donors (Lipinski definition) is 0. The topological polar surface area (TPSA) is 32.8 Å². The number of carbonyl (C=O) groups excluding carboxylic acids is 1. The lowest BCUT2D eigenvalue weighted by molar-refractivity contribution is -0.0158. The Labute approximate surface area is 146 Å². The van der Waals surface area contributed by atoms with Gasteiger partial charge in [-0.2, -0.15) is 0 Å². The van der Waals surface area contributed by atoms with Crippen LogP contribution in [0.25, 0.3) is 0 Å². The first-order valence-electron chi connectivity index (χ1n) is 8.85. The van der Waals surface area contributed by atoms with Crippen LogP contribution in [0.4, 0.5) is 4.79 Å². The van der Waals surface area contributed by atoms with E-state index in [1.54, 1.807) is 0 Å². The Kier molecular flexibility index (Phi) is 5.59. The first kappa shape index (κ1) is 18.8. The minimum atomic E-state index is -0.463. The third-order valence-corrected chi connectivity index (χ3v) is 4.37. The highest BCUT2D eigenvalue weighted by atomic mass is 16.6. The molecular formula is C20H32N2O2. The molecule has 4 heteroatoms. The summed E-state index contributed by atoms with van der Waals surface area (Å²) in [7, 11) is 0. The zero-order chi connectivity index (χ0) is 18.0. The summed E-state index contributed by atoms with van der Waals surface area (Å²) in [5.41, 5.74) is 0.900. The highest BCUT2D eigenvalue weighted by Crippen LogP contribution is 2.23. The lowest BCUT2D eigenvalue weighted by atomic mass is 9.98. The van der Waals surface area contributed by atoms with E-state index in [4.69, 9.17) is 4.74 Å². The monoisotopic (exact) mass is 332 g/mol. The van der Waals surface area contributed by atoms with Gasteiger partial charge in [0.1, 0.15) is 5.60 Å². The molecule has 1 fully saturated rings. The van der Waals surface area contributed by atoms with Gasteiger partial charge in [-0.05, 0) is 53.5 Å². The average molecular weight is 332 g/mol. The van der Waals surface area contributed by atoms with Gasteiger partial charge in [0, 0.05) is 25.2 Å². The molecule has 1 aromatic carbocycles. The van der Waals surface area contributed by atoms with Gasteiger partial charge in [0.15, 0.2) is 0 Å². The lowest BCUT2D eigenvalue weighted by Gasteiger charge is -2.46. The summed E-state index contributed by atoms with van der Waals surface area (Å²) < 4.78 is 5.63. The molecule has 0 bridgehead atoms. The van der Waals surface area contributed by atoms with Crippen molar-refractivity contribution in [3.63, 3.8) is 0 Å². The zero-order valence-corrected chi connectivity index (χ0v) is 16.0. The van der Waals surface area contributed by atoms with Gasteiger partial charge in [-0.15, -0.1) is 0 Å². The minimum Gasteiger partial charge on any atom is -0.444 e. The van der Waals surface area contributed by atoms with Gasteiger partial charge in [0.25, 0.3) is 0 Å². The van der Waals surface area contributed by atoms with Crippen LogP contribution in [0.2, 0.25) is 0 Å². The van der Waals surface area contributed by atoms with Crippen molar-refractivity contribution in [1.29, 1.82) is 0 Å². The second kappa shape index (κ2) is 7.14. The number of hydrogen-bond acceptors (Lipinski definition) is 3. The Morgan fingerprint density at radius 3 is 2.25 bits per heavy atom. The maximum absolute atomic E-state index is 12.7. The van der Waals surface area contributed by atoms with Gasteiger partial charge >= 0.3 is 6.09 Å². The van der Waals surface area contributed by atoms with Crippen LogP contribution in [-0.2, 0) is 11.2 Å². The highest BCUT2D eigenvalue weighted by molar-refractivity contribution is 5.68. The lowest BCUT2D eigenvalue weighted by Crippen LogP contribution is -2.60. The van der Waals surface area contributed by atoms with E-state index in [-0.39, 0.29) is 17.7 Å². The van der Waals surface area contributed by atoms with Crippen molar-refractivity contribution in [3.8, 4) is 0 Å². The molecule has 1 atom stereocenters. The van der Waals surface area contributed by atoms with E-state index in [2.05, 4.69) is 49.9 Å². The zero-order valence-electron chi connectivity index (χ0n) is 16.0. The van der Waals surface area contributed by atoms with E-state index < -0.39 is 5.60 Å². The SMILES string of the molecule is CC(C)(C)OC(=O)N1CCN(C(C)(C)C)C[C@@H]1Cc1ccccc1. The van der Waals surface area contributed by atoms with Gasteiger partial charge in [0.05, 0.1) is 6.04 Å². The van der Waals surface area contributed by atoms with Crippen LogP contribution in [0.5, 0.6) is 0 Å². The van der Waals surface area contributed by atoms with Gasteiger partial charge in [-0.3, -0.25) is 4.90 Å². The van der Waals surface area contributed by atoms with Crippen molar-refractivity contribution in [2.75, 3.05) is 19.6 Å². The van der Waals surface area contributed by atoms with Gasteiger partial charge in [-0.25, -0.2) is 4.79 Å². The van der Waals surface area contributed by atoms with Gasteiger partial charge in [-0.1, -0.05) is 30.3 Å². The fourth-order valence-corrected chi connectivity index (χ4v) is 3.09. The molecule has 0 radical (unpaired) electrons. The molecule has 1 aromatic rings. The predicted octanol–water partition coefficient (Wildman–Crippen LogP) is 3.95. The second-order valence-corrected chi connectivity index (χ2v) is 8.63. The van der Waals surface area contributed by atoms with Crippen LogP contribution < -0.4 is 0 Å². The maximum Gasteiger partial charge on any atom is 0.410 e. The van der Waals surface area contributed by atoms with E-state index >= 15 is 0 Å². The number of benzene rings is 1. The first-order valence-corrected chi connectivity index (χ1v) is 8.85. The fourth-order valence-electron chi connectivity index (χ4n) is 3.09. The third-order valence-electron chi connectivity index (χ3n) is 4.37.